The van der Waals surface area contributed by atoms with Gasteiger partial charge in [-0.15, -0.1) is 0 Å². The van der Waals surface area contributed by atoms with E-state index in [9.17, 15) is 4.79 Å². The van der Waals surface area contributed by atoms with Gasteiger partial charge in [-0.25, -0.2) is 0 Å². The molecular formula is C23H20N2O3. The van der Waals surface area contributed by atoms with Gasteiger partial charge in [0.25, 0.3) is 5.91 Å². The summed E-state index contributed by atoms with van der Waals surface area (Å²) >= 11 is 0. The molecule has 1 aromatic heterocycles. The molecule has 0 radical (unpaired) electrons. The van der Waals surface area contributed by atoms with Gasteiger partial charge in [0.1, 0.15) is 11.8 Å². The van der Waals surface area contributed by atoms with Crippen LogP contribution in [0.4, 0.5) is 5.69 Å². The van der Waals surface area contributed by atoms with E-state index in [0.29, 0.717) is 23.7 Å². The number of methoxy groups -OCH3 is 1. The van der Waals surface area contributed by atoms with Crippen molar-refractivity contribution in [2.45, 2.75) is 25.5 Å². The number of amides is 1. The van der Waals surface area contributed by atoms with Crippen LogP contribution in [-0.2, 0) is 13.0 Å². The molecular weight excluding hydrogens is 352 g/mol. The van der Waals surface area contributed by atoms with Gasteiger partial charge in [0.05, 0.1) is 13.7 Å². The Hall–Kier alpha value is -3.34. The Labute approximate surface area is 163 Å². The third-order valence-corrected chi connectivity index (χ3v) is 5.47. The van der Waals surface area contributed by atoms with Gasteiger partial charge in [0.15, 0.2) is 11.5 Å². The fourth-order valence-electron chi connectivity index (χ4n) is 4.06. The van der Waals surface area contributed by atoms with Crippen LogP contribution in [0.1, 0.15) is 39.7 Å². The van der Waals surface area contributed by atoms with Crippen LogP contribution in [0.2, 0.25) is 0 Å². The second-order valence-electron chi connectivity index (χ2n) is 7.08. The highest BCUT2D eigenvalue weighted by Crippen LogP contribution is 2.40. The van der Waals surface area contributed by atoms with Crippen molar-refractivity contribution in [2.75, 3.05) is 12.0 Å². The molecule has 5 heteroatoms. The van der Waals surface area contributed by atoms with Crippen LogP contribution in [0.3, 0.4) is 0 Å². The first-order valence-electron chi connectivity index (χ1n) is 9.43. The molecule has 0 bridgehead atoms. The number of pyridine rings is 1. The summed E-state index contributed by atoms with van der Waals surface area (Å²) < 4.78 is 11.9. The number of ether oxygens (including phenoxy) is 2. The molecule has 0 fully saturated rings. The molecule has 1 aliphatic carbocycles. The number of fused-ring (bicyclic) bond motifs is 2. The molecule has 2 heterocycles. The van der Waals surface area contributed by atoms with Crippen molar-refractivity contribution in [3.63, 3.8) is 0 Å². The molecule has 140 valence electrons. The second kappa shape index (κ2) is 6.68. The molecule has 0 saturated carbocycles. The van der Waals surface area contributed by atoms with Crippen LogP contribution in [0.15, 0.2) is 60.8 Å². The normalized spacial score (nSPS) is 17.4. The number of aryl methyl sites for hydroxylation is 1. The fraction of sp³-hybridized carbons (Fsp3) is 0.217. The Balaban J connectivity index is 1.46. The van der Waals surface area contributed by atoms with Gasteiger partial charge >= 0.3 is 0 Å². The Morgan fingerprint density at radius 1 is 1.04 bits per heavy atom. The number of nitrogens with zero attached hydrogens (tertiary/aromatic N) is 2. The van der Waals surface area contributed by atoms with Crippen molar-refractivity contribution < 1.29 is 14.3 Å². The minimum atomic E-state index is -0.0853. The molecule has 0 spiro atoms. The maximum Gasteiger partial charge on any atom is 0.277 e. The molecule has 0 saturated heterocycles. The van der Waals surface area contributed by atoms with Crippen molar-refractivity contribution in [2.24, 2.45) is 0 Å². The lowest BCUT2D eigenvalue weighted by molar-refractivity contribution is 0.0992. The number of rotatable bonds is 4. The zero-order valence-corrected chi connectivity index (χ0v) is 15.6. The van der Waals surface area contributed by atoms with E-state index in [2.05, 4.69) is 23.2 Å². The summed E-state index contributed by atoms with van der Waals surface area (Å²) in [6, 6.07) is 17.8. The van der Waals surface area contributed by atoms with E-state index in [-0.39, 0.29) is 12.0 Å². The van der Waals surface area contributed by atoms with Crippen molar-refractivity contribution in [1.82, 2.24) is 4.98 Å². The standard InChI is InChI=1S/C23H20N2O3/c1-27-20-11-9-17(25-14-16-6-4-12-24-22(16)23(25)26)13-21(20)28-19-10-8-15-5-2-3-7-18(15)19/h2-7,9,11-13,19H,8,10,14H2,1H3. The minimum Gasteiger partial charge on any atom is -0.493 e. The largest absolute Gasteiger partial charge is 0.493 e. The van der Waals surface area contributed by atoms with Crippen molar-refractivity contribution in [3.8, 4) is 11.5 Å². The second-order valence-corrected chi connectivity index (χ2v) is 7.08. The van der Waals surface area contributed by atoms with Crippen LogP contribution in [0.25, 0.3) is 0 Å². The number of carbonyl (C=O) groups is 1. The summed E-state index contributed by atoms with van der Waals surface area (Å²) in [6.07, 6.45) is 3.59. The van der Waals surface area contributed by atoms with Gasteiger partial charge in [-0.05, 0) is 42.2 Å². The number of aromatic nitrogens is 1. The van der Waals surface area contributed by atoms with E-state index in [1.54, 1.807) is 18.2 Å². The Kier molecular flexibility index (Phi) is 4.01. The van der Waals surface area contributed by atoms with E-state index >= 15 is 0 Å². The highest BCUT2D eigenvalue weighted by atomic mass is 16.5. The molecule has 0 N–H and O–H groups in total. The molecule has 1 atom stereocenters. The van der Waals surface area contributed by atoms with Crippen LogP contribution in [0, 0.1) is 0 Å². The molecule has 5 nitrogen and oxygen atoms in total. The fourth-order valence-corrected chi connectivity index (χ4v) is 4.06. The Morgan fingerprint density at radius 3 is 2.75 bits per heavy atom. The van der Waals surface area contributed by atoms with Crippen molar-refractivity contribution >= 4 is 11.6 Å². The summed E-state index contributed by atoms with van der Waals surface area (Å²) in [4.78, 5) is 18.7. The van der Waals surface area contributed by atoms with Gasteiger partial charge < -0.3 is 14.4 Å². The number of hydrogen-bond acceptors (Lipinski definition) is 4. The van der Waals surface area contributed by atoms with Gasteiger partial charge in [0, 0.05) is 23.5 Å². The van der Waals surface area contributed by atoms with Gasteiger partial charge in [-0.3, -0.25) is 9.78 Å². The van der Waals surface area contributed by atoms with E-state index in [4.69, 9.17) is 9.47 Å². The van der Waals surface area contributed by atoms with Gasteiger partial charge in [-0.2, -0.15) is 0 Å². The number of benzene rings is 2. The molecule has 3 aromatic rings. The zero-order valence-electron chi connectivity index (χ0n) is 15.6. The van der Waals surface area contributed by atoms with E-state index < -0.39 is 0 Å². The lowest BCUT2D eigenvalue weighted by atomic mass is 10.1. The Morgan fingerprint density at radius 2 is 1.89 bits per heavy atom. The molecule has 2 aromatic carbocycles. The average Bonchev–Trinajstić information content (AvgIpc) is 3.30. The monoisotopic (exact) mass is 372 g/mol. The first-order valence-corrected chi connectivity index (χ1v) is 9.43. The number of hydrogen-bond donors (Lipinski definition) is 0. The van der Waals surface area contributed by atoms with Gasteiger partial charge in [-0.1, -0.05) is 30.3 Å². The highest BCUT2D eigenvalue weighted by molar-refractivity contribution is 6.08. The summed E-state index contributed by atoms with van der Waals surface area (Å²) in [5.74, 6) is 1.23. The van der Waals surface area contributed by atoms with Crippen LogP contribution in [-0.4, -0.2) is 18.0 Å². The summed E-state index contributed by atoms with van der Waals surface area (Å²) in [6.45, 7) is 0.514. The lowest BCUT2D eigenvalue weighted by Crippen LogP contribution is -2.23. The van der Waals surface area contributed by atoms with E-state index in [1.807, 2.05) is 36.4 Å². The zero-order chi connectivity index (χ0) is 19.1. The first kappa shape index (κ1) is 16.8. The average molecular weight is 372 g/mol. The molecule has 28 heavy (non-hydrogen) atoms. The third kappa shape index (κ3) is 2.71. The summed E-state index contributed by atoms with van der Waals surface area (Å²) in [5, 5.41) is 0. The van der Waals surface area contributed by atoms with E-state index in [0.717, 1.165) is 24.1 Å². The van der Waals surface area contributed by atoms with Gasteiger partial charge in [0.2, 0.25) is 0 Å². The topological polar surface area (TPSA) is 51.7 Å². The molecule has 2 aliphatic rings. The molecule has 5 rings (SSSR count). The maximum atomic E-state index is 12.8. The maximum absolute atomic E-state index is 12.8. The molecule has 1 aliphatic heterocycles. The smallest absolute Gasteiger partial charge is 0.277 e. The third-order valence-electron chi connectivity index (χ3n) is 5.47. The lowest BCUT2D eigenvalue weighted by Gasteiger charge is -2.21. The van der Waals surface area contributed by atoms with Crippen LogP contribution < -0.4 is 14.4 Å². The van der Waals surface area contributed by atoms with Crippen molar-refractivity contribution in [3.05, 3.63) is 83.2 Å². The number of anilines is 1. The first-order chi connectivity index (χ1) is 13.7. The highest BCUT2D eigenvalue weighted by Gasteiger charge is 2.31. The predicted octanol–water partition coefficient (Wildman–Crippen LogP) is 4.32. The van der Waals surface area contributed by atoms with Crippen molar-refractivity contribution in [1.29, 1.82) is 0 Å². The van der Waals surface area contributed by atoms with E-state index in [1.165, 1.54) is 11.1 Å². The van der Waals surface area contributed by atoms with Crippen LogP contribution >= 0.6 is 0 Å². The molecule has 1 unspecified atom stereocenters. The van der Waals surface area contributed by atoms with Crippen LogP contribution in [0.5, 0.6) is 11.5 Å². The molecule has 1 amide bonds. The Bertz CT molecular complexity index is 1060. The summed E-state index contributed by atoms with van der Waals surface area (Å²) in [7, 11) is 1.63. The quantitative estimate of drug-likeness (QED) is 0.685. The SMILES string of the molecule is COc1ccc(N2Cc3cccnc3C2=O)cc1OC1CCc2ccccc21. The summed E-state index contributed by atoms with van der Waals surface area (Å²) in [5.41, 5.74) is 4.80. The minimum absolute atomic E-state index is 0.00602. The predicted molar refractivity (Wildman–Crippen MR) is 106 cm³/mol. The number of carbonyl (C=O) groups excluding carboxylic acids is 1.